The Morgan fingerprint density at radius 3 is 2.73 bits per heavy atom. The second-order valence-electron chi connectivity index (χ2n) is 7.62. The molecule has 6 heteroatoms. The van der Waals surface area contributed by atoms with Crippen molar-refractivity contribution in [3.8, 4) is 0 Å². The summed E-state index contributed by atoms with van der Waals surface area (Å²) in [6, 6.07) is 4.73. The number of benzene rings is 1. The summed E-state index contributed by atoms with van der Waals surface area (Å²) in [5.74, 6) is 0.792. The van der Waals surface area contributed by atoms with Gasteiger partial charge in [0.2, 0.25) is 5.91 Å². The molecular weight excluding hydrogens is 349 g/mol. The molecule has 0 radical (unpaired) electrons. The zero-order chi connectivity index (χ0) is 17.9. The van der Waals surface area contributed by atoms with Crippen LogP contribution in [0.3, 0.4) is 0 Å². The number of carbonyl (C=O) groups is 1. The first-order valence-electron chi connectivity index (χ1n) is 9.78. The summed E-state index contributed by atoms with van der Waals surface area (Å²) in [7, 11) is 0. The third-order valence-corrected chi connectivity index (χ3v) is 6.84. The highest BCUT2D eigenvalue weighted by Crippen LogP contribution is 2.32. The van der Waals surface area contributed by atoms with E-state index < -0.39 is 0 Å². The highest BCUT2D eigenvalue weighted by molar-refractivity contribution is 7.22. The molecule has 2 aromatic rings. The van der Waals surface area contributed by atoms with Gasteiger partial charge >= 0.3 is 0 Å². The number of nitrogens with zero attached hydrogens (tertiary/aromatic N) is 2. The monoisotopic (exact) mass is 375 g/mol. The number of piperidine rings is 1. The minimum absolute atomic E-state index is 0.113. The fraction of sp³-hybridized carbons (Fsp3) is 0.600. The van der Waals surface area contributed by atoms with E-state index in [0.29, 0.717) is 5.92 Å². The Hall–Kier alpha value is -1.69. The second kappa shape index (κ2) is 7.91. The van der Waals surface area contributed by atoms with E-state index in [4.69, 9.17) is 0 Å². The van der Waals surface area contributed by atoms with Gasteiger partial charge < -0.3 is 10.2 Å². The van der Waals surface area contributed by atoms with Crippen molar-refractivity contribution >= 4 is 32.6 Å². The summed E-state index contributed by atoms with van der Waals surface area (Å²) in [5.41, 5.74) is 0.846. The molecule has 4 nitrogen and oxygen atoms in total. The van der Waals surface area contributed by atoms with E-state index in [2.05, 4.69) is 15.2 Å². The summed E-state index contributed by atoms with van der Waals surface area (Å²) >= 11 is 1.53. The van der Waals surface area contributed by atoms with E-state index >= 15 is 0 Å². The highest BCUT2D eigenvalue weighted by atomic mass is 32.1. The van der Waals surface area contributed by atoms with Crippen LogP contribution in [-0.4, -0.2) is 30.5 Å². The number of amides is 1. The van der Waals surface area contributed by atoms with Gasteiger partial charge in [0.05, 0.1) is 10.2 Å². The van der Waals surface area contributed by atoms with Gasteiger partial charge in [0.25, 0.3) is 0 Å². The SMILES string of the molecule is O=C(NCC1CCCCC1)C1CCN(c2nc3ccc(F)cc3s2)CC1. The number of aromatic nitrogens is 1. The third-order valence-electron chi connectivity index (χ3n) is 5.77. The molecular formula is C20H26FN3OS. The number of fused-ring (bicyclic) bond motifs is 1. The first-order valence-corrected chi connectivity index (χ1v) is 10.6. The Labute approximate surface area is 157 Å². The fourth-order valence-electron chi connectivity index (χ4n) is 4.14. The summed E-state index contributed by atoms with van der Waals surface area (Å²) in [6.45, 7) is 2.52. The van der Waals surface area contributed by atoms with Gasteiger partial charge in [-0.3, -0.25) is 4.79 Å². The summed E-state index contributed by atoms with van der Waals surface area (Å²) < 4.78 is 14.2. The van der Waals surface area contributed by atoms with Crippen LogP contribution in [0.15, 0.2) is 18.2 Å². The van der Waals surface area contributed by atoms with Crippen molar-refractivity contribution in [1.29, 1.82) is 0 Å². The van der Waals surface area contributed by atoms with E-state index in [1.54, 1.807) is 12.1 Å². The van der Waals surface area contributed by atoms with Gasteiger partial charge in [0, 0.05) is 25.6 Å². The van der Waals surface area contributed by atoms with Gasteiger partial charge in [0.1, 0.15) is 5.82 Å². The van der Waals surface area contributed by atoms with Gasteiger partial charge in [-0.2, -0.15) is 0 Å². The van der Waals surface area contributed by atoms with E-state index in [-0.39, 0.29) is 17.6 Å². The lowest BCUT2D eigenvalue weighted by Crippen LogP contribution is -2.41. The predicted molar refractivity (Wildman–Crippen MR) is 104 cm³/mol. The number of anilines is 1. The molecule has 2 fully saturated rings. The van der Waals surface area contributed by atoms with E-state index in [1.807, 2.05) is 0 Å². The molecule has 1 aromatic heterocycles. The molecule has 0 bridgehead atoms. The molecule has 1 aliphatic carbocycles. The second-order valence-corrected chi connectivity index (χ2v) is 8.63. The summed E-state index contributed by atoms with van der Waals surface area (Å²) in [5, 5.41) is 4.13. The molecule has 0 atom stereocenters. The Morgan fingerprint density at radius 2 is 1.96 bits per heavy atom. The normalized spacial score (nSPS) is 19.8. The smallest absolute Gasteiger partial charge is 0.223 e. The topological polar surface area (TPSA) is 45.2 Å². The molecule has 1 amide bonds. The average molecular weight is 376 g/mol. The Bertz CT molecular complexity index is 764. The van der Waals surface area contributed by atoms with Crippen molar-refractivity contribution in [2.75, 3.05) is 24.5 Å². The molecule has 0 unspecified atom stereocenters. The Morgan fingerprint density at radius 1 is 1.19 bits per heavy atom. The van der Waals surface area contributed by atoms with Crippen LogP contribution in [0.2, 0.25) is 0 Å². The first kappa shape index (κ1) is 17.7. The maximum absolute atomic E-state index is 13.4. The number of halogens is 1. The van der Waals surface area contributed by atoms with E-state index in [9.17, 15) is 9.18 Å². The number of carbonyl (C=O) groups excluding carboxylic acids is 1. The minimum Gasteiger partial charge on any atom is -0.356 e. The van der Waals surface area contributed by atoms with E-state index in [0.717, 1.165) is 47.8 Å². The van der Waals surface area contributed by atoms with Crippen LogP contribution in [0.5, 0.6) is 0 Å². The van der Waals surface area contributed by atoms with Crippen molar-refractivity contribution < 1.29 is 9.18 Å². The lowest BCUT2D eigenvalue weighted by molar-refractivity contribution is -0.125. The standard InChI is InChI=1S/C20H26FN3OS/c21-16-6-7-17-18(12-16)26-20(23-17)24-10-8-15(9-11-24)19(25)22-13-14-4-2-1-3-5-14/h6-7,12,14-15H,1-5,8-11,13H2,(H,22,25). The summed E-state index contributed by atoms with van der Waals surface area (Å²) in [4.78, 5) is 19.3. The van der Waals surface area contributed by atoms with Crippen molar-refractivity contribution in [3.63, 3.8) is 0 Å². The molecule has 2 aliphatic rings. The molecule has 2 heterocycles. The number of rotatable bonds is 4. The van der Waals surface area contributed by atoms with Crippen molar-refractivity contribution in [3.05, 3.63) is 24.0 Å². The molecule has 1 aromatic carbocycles. The summed E-state index contributed by atoms with van der Waals surface area (Å²) in [6.07, 6.45) is 8.22. The largest absolute Gasteiger partial charge is 0.356 e. The number of hydrogen-bond acceptors (Lipinski definition) is 4. The van der Waals surface area contributed by atoms with Crippen LogP contribution < -0.4 is 10.2 Å². The van der Waals surface area contributed by atoms with E-state index in [1.165, 1.54) is 49.5 Å². The zero-order valence-electron chi connectivity index (χ0n) is 15.0. The Balaban J connectivity index is 1.29. The lowest BCUT2D eigenvalue weighted by Gasteiger charge is -2.31. The van der Waals surface area contributed by atoms with Crippen LogP contribution >= 0.6 is 11.3 Å². The molecule has 1 saturated heterocycles. The van der Waals surface area contributed by atoms with Gasteiger partial charge in [-0.05, 0) is 49.8 Å². The predicted octanol–water partition coefficient (Wildman–Crippen LogP) is 4.35. The highest BCUT2D eigenvalue weighted by Gasteiger charge is 2.27. The lowest BCUT2D eigenvalue weighted by atomic mass is 9.89. The zero-order valence-corrected chi connectivity index (χ0v) is 15.9. The molecule has 140 valence electrons. The van der Waals surface area contributed by atoms with Gasteiger partial charge in [-0.1, -0.05) is 30.6 Å². The van der Waals surface area contributed by atoms with Crippen LogP contribution in [0.1, 0.15) is 44.9 Å². The Kier molecular flexibility index (Phi) is 5.38. The number of hydrogen-bond donors (Lipinski definition) is 1. The first-order chi connectivity index (χ1) is 12.7. The molecule has 0 spiro atoms. The molecule has 1 aliphatic heterocycles. The molecule has 4 rings (SSSR count). The number of nitrogens with one attached hydrogen (secondary N) is 1. The fourth-order valence-corrected chi connectivity index (χ4v) is 5.18. The van der Waals surface area contributed by atoms with Crippen molar-refractivity contribution in [2.45, 2.75) is 44.9 Å². The van der Waals surface area contributed by atoms with Gasteiger partial charge in [0.15, 0.2) is 5.13 Å². The molecule has 26 heavy (non-hydrogen) atoms. The molecule has 1 N–H and O–H groups in total. The maximum Gasteiger partial charge on any atom is 0.223 e. The van der Waals surface area contributed by atoms with Crippen LogP contribution in [0, 0.1) is 17.7 Å². The van der Waals surface area contributed by atoms with Crippen LogP contribution in [0.25, 0.3) is 10.2 Å². The third kappa shape index (κ3) is 4.00. The minimum atomic E-state index is -0.221. The molecule has 1 saturated carbocycles. The van der Waals surface area contributed by atoms with Crippen LogP contribution in [-0.2, 0) is 4.79 Å². The van der Waals surface area contributed by atoms with Gasteiger partial charge in [-0.15, -0.1) is 0 Å². The maximum atomic E-state index is 13.4. The quantitative estimate of drug-likeness (QED) is 0.864. The average Bonchev–Trinajstić information content (AvgIpc) is 3.10. The van der Waals surface area contributed by atoms with Crippen molar-refractivity contribution in [1.82, 2.24) is 10.3 Å². The van der Waals surface area contributed by atoms with Crippen LogP contribution in [0.4, 0.5) is 9.52 Å². The van der Waals surface area contributed by atoms with Crippen molar-refractivity contribution in [2.24, 2.45) is 11.8 Å². The van der Waals surface area contributed by atoms with Gasteiger partial charge in [-0.25, -0.2) is 9.37 Å². The number of thiazole rings is 1.